The smallest absolute Gasteiger partial charge is 0.274 e. The maximum Gasteiger partial charge on any atom is 0.274 e. The largest absolute Gasteiger partial charge is 0.612 e. The van der Waals surface area contributed by atoms with Gasteiger partial charge in [0.25, 0.3) is 5.36 Å². The zero-order chi connectivity index (χ0) is 12.6. The van der Waals surface area contributed by atoms with Crippen molar-refractivity contribution in [3.63, 3.8) is 0 Å². The number of benzene rings is 1. The first-order chi connectivity index (χ1) is 8.04. The van der Waals surface area contributed by atoms with Crippen molar-refractivity contribution in [2.45, 2.75) is 6.92 Å². The molecule has 0 fully saturated rings. The molecule has 0 aromatic rings. The minimum absolute atomic E-state index is 0.0329. The van der Waals surface area contributed by atoms with Gasteiger partial charge in [-0.25, -0.2) is 0 Å². The van der Waals surface area contributed by atoms with Crippen LogP contribution in [0.3, 0.4) is 0 Å². The number of hydrogen-bond acceptors (Lipinski definition) is 4. The molecule has 90 valence electrons. The number of ether oxygens (including phenoxy) is 1. The highest BCUT2D eigenvalue weighted by Crippen LogP contribution is 2.25. The zero-order valence-electron chi connectivity index (χ0n) is 9.35. The van der Waals surface area contributed by atoms with Crippen molar-refractivity contribution in [3.05, 3.63) is 39.5 Å². The molecule has 0 spiro atoms. The third kappa shape index (κ3) is 1.73. The van der Waals surface area contributed by atoms with Gasteiger partial charge >= 0.3 is 0 Å². The third-order valence-electron chi connectivity index (χ3n) is 2.55. The topological polar surface area (TPSA) is 94.4 Å². The number of hydrogen-bond donors (Lipinski definition) is 2. The normalized spacial score (nSPS) is 10.5. The fourth-order valence-corrected chi connectivity index (χ4v) is 1.87. The van der Waals surface area contributed by atoms with Crippen molar-refractivity contribution in [1.82, 2.24) is 9.89 Å². The van der Waals surface area contributed by atoms with E-state index in [9.17, 15) is 15.5 Å². The van der Waals surface area contributed by atoms with Gasteiger partial charge in [-0.1, -0.05) is 0 Å². The molecule has 2 rings (SSSR count). The van der Waals surface area contributed by atoms with Gasteiger partial charge in [0.1, 0.15) is 0 Å². The predicted molar refractivity (Wildman–Crippen MR) is 62.4 cm³/mol. The molecule has 0 radical (unpaired) electrons. The van der Waals surface area contributed by atoms with Gasteiger partial charge in [0, 0.05) is 6.07 Å². The van der Waals surface area contributed by atoms with Gasteiger partial charge in [-0.3, -0.25) is 0 Å². The van der Waals surface area contributed by atoms with Gasteiger partial charge < -0.3 is 25.2 Å². The van der Waals surface area contributed by atoms with Crippen molar-refractivity contribution in [1.29, 1.82) is 0 Å². The van der Waals surface area contributed by atoms with Crippen LogP contribution in [0.4, 0.5) is 0 Å². The molecule has 0 bridgehead atoms. The minimum Gasteiger partial charge on any atom is -0.612 e. The van der Waals surface area contributed by atoms with Gasteiger partial charge in [-0.15, -0.1) is 0 Å². The van der Waals surface area contributed by atoms with E-state index in [0.717, 1.165) is 0 Å². The Labute approximate surface area is 96.9 Å². The number of aromatic hydroxyl groups is 1. The number of nitrogens with zero attached hydrogens (tertiary/aromatic N) is 1. The predicted octanol–water partition coefficient (Wildman–Crippen LogP) is 0.910. The maximum absolute atomic E-state index is 11.1. The molecule has 0 unspecified atom stereocenters. The molecule has 1 heterocycles. The van der Waals surface area contributed by atoms with Crippen molar-refractivity contribution in [2.24, 2.45) is 0 Å². The van der Waals surface area contributed by atoms with Crippen LogP contribution in [-0.2, 0) is 0 Å². The number of nitrogens with one attached hydrogen (secondary N) is 1. The van der Waals surface area contributed by atoms with E-state index in [4.69, 9.17) is 4.74 Å². The molecule has 0 atom stereocenters. The van der Waals surface area contributed by atoms with Crippen LogP contribution >= 0.6 is 0 Å². The fraction of sp³-hybridized carbons (Fsp3) is 0.182. The van der Waals surface area contributed by atoms with Crippen LogP contribution in [0.15, 0.2) is 18.2 Å². The Morgan fingerprint density at radius 1 is 1.35 bits per heavy atom. The quantitative estimate of drug-likeness (QED) is 0.718. The highest BCUT2D eigenvalue weighted by atomic mass is 16.8. The number of aromatic nitrogens is 1. The molecular weight excluding hydrogens is 224 g/mol. The number of fused-ring (bicyclic) bond motifs is 1. The second kappa shape index (κ2) is 3.89. The summed E-state index contributed by atoms with van der Waals surface area (Å²) in [5.74, 6) is 0.166. The second-order valence-electron chi connectivity index (χ2n) is 3.63. The SMILES string of the molecule is COc1ccc2[nH]c(O)cc(C)c-2c1=[N+]([O-])[O-]. The van der Waals surface area contributed by atoms with Crippen LogP contribution in [0.1, 0.15) is 5.56 Å². The molecule has 2 aliphatic rings. The van der Waals surface area contributed by atoms with Gasteiger partial charge in [0.2, 0.25) is 0 Å². The van der Waals surface area contributed by atoms with E-state index in [1.54, 1.807) is 13.0 Å². The molecule has 0 aromatic carbocycles. The molecular formula is C11H11N2O4-. The summed E-state index contributed by atoms with van der Waals surface area (Å²) >= 11 is 0. The summed E-state index contributed by atoms with van der Waals surface area (Å²) in [6, 6.07) is 4.57. The minimum atomic E-state index is -0.487. The molecule has 0 amide bonds. The zero-order valence-corrected chi connectivity index (χ0v) is 9.35. The molecule has 0 saturated heterocycles. The lowest BCUT2D eigenvalue weighted by Crippen LogP contribution is -2.24. The molecule has 0 aromatic heterocycles. The van der Waals surface area contributed by atoms with Crippen LogP contribution in [0, 0.1) is 17.3 Å². The van der Waals surface area contributed by atoms with E-state index in [-0.39, 0.29) is 17.0 Å². The maximum atomic E-state index is 11.1. The fourth-order valence-electron chi connectivity index (χ4n) is 1.87. The molecule has 6 nitrogen and oxygen atoms in total. The van der Waals surface area contributed by atoms with Crippen LogP contribution < -0.4 is 15.0 Å². The Kier molecular flexibility index (Phi) is 2.55. The Morgan fingerprint density at radius 3 is 2.65 bits per heavy atom. The van der Waals surface area contributed by atoms with E-state index in [2.05, 4.69) is 4.98 Å². The van der Waals surface area contributed by atoms with Gasteiger partial charge in [0.05, 0.1) is 18.4 Å². The van der Waals surface area contributed by atoms with Crippen molar-refractivity contribution < 1.29 is 9.84 Å². The first-order valence-electron chi connectivity index (χ1n) is 4.91. The lowest BCUT2D eigenvalue weighted by molar-refractivity contribution is 0.407. The molecule has 0 saturated carbocycles. The van der Waals surface area contributed by atoms with E-state index in [0.29, 0.717) is 16.8 Å². The van der Waals surface area contributed by atoms with Crippen LogP contribution in [0.5, 0.6) is 11.6 Å². The highest BCUT2D eigenvalue weighted by Gasteiger charge is 2.17. The molecule has 6 heteroatoms. The van der Waals surface area contributed by atoms with Crippen LogP contribution in [0.2, 0.25) is 0 Å². The lowest BCUT2D eigenvalue weighted by Gasteiger charge is -2.14. The first-order valence-corrected chi connectivity index (χ1v) is 4.91. The summed E-state index contributed by atoms with van der Waals surface area (Å²) in [5, 5.41) is 31.5. The van der Waals surface area contributed by atoms with Gasteiger partial charge in [-0.2, -0.15) is 4.90 Å². The van der Waals surface area contributed by atoms with E-state index in [1.807, 2.05) is 0 Å². The van der Waals surface area contributed by atoms with E-state index >= 15 is 0 Å². The molecule has 1 aliphatic carbocycles. The van der Waals surface area contributed by atoms with Gasteiger partial charge in [0.15, 0.2) is 11.6 Å². The Bertz CT molecular complexity index is 599. The lowest BCUT2D eigenvalue weighted by atomic mass is 10.0. The Morgan fingerprint density at radius 2 is 2.06 bits per heavy atom. The van der Waals surface area contributed by atoms with Crippen molar-refractivity contribution in [3.8, 4) is 22.9 Å². The van der Waals surface area contributed by atoms with Crippen LogP contribution in [0.25, 0.3) is 11.3 Å². The van der Waals surface area contributed by atoms with Gasteiger partial charge in [-0.05, 0) is 24.6 Å². The molecule has 17 heavy (non-hydrogen) atoms. The Balaban J connectivity index is 3.00. The number of aryl methyl sites for hydroxylation is 1. The summed E-state index contributed by atoms with van der Waals surface area (Å²) < 4.78 is 4.98. The highest BCUT2D eigenvalue weighted by molar-refractivity contribution is 5.67. The van der Waals surface area contributed by atoms with Crippen LogP contribution in [-0.4, -0.2) is 17.2 Å². The monoisotopic (exact) mass is 235 g/mol. The molecule has 2 N–H and O–H groups in total. The third-order valence-corrected chi connectivity index (χ3v) is 2.55. The van der Waals surface area contributed by atoms with Crippen molar-refractivity contribution in [2.75, 3.05) is 7.11 Å². The number of H-pyrrole nitrogens is 1. The Hall–Kier alpha value is -2.37. The summed E-state index contributed by atoms with van der Waals surface area (Å²) in [7, 11) is 1.38. The summed E-state index contributed by atoms with van der Waals surface area (Å²) in [4.78, 5) is 2.19. The van der Waals surface area contributed by atoms with Crippen molar-refractivity contribution >= 4 is 0 Å². The van der Waals surface area contributed by atoms with E-state index < -0.39 is 4.90 Å². The number of methoxy groups -OCH3 is 1. The average Bonchev–Trinajstić information content (AvgIpc) is 2.27. The number of pyridine rings is 1. The average molecular weight is 235 g/mol. The second-order valence-corrected chi connectivity index (χ2v) is 3.63. The number of aromatic amines is 1. The summed E-state index contributed by atoms with van der Waals surface area (Å²) in [5.41, 5.74) is 1.55. The summed E-state index contributed by atoms with van der Waals surface area (Å²) in [6.45, 7) is 1.70. The molecule has 1 aliphatic heterocycles. The van der Waals surface area contributed by atoms with E-state index in [1.165, 1.54) is 19.2 Å². The standard InChI is InChI=1S/C11H11N2O4/c1-6-5-9(14)12-7-3-4-8(17-2)11(10(6)7)13(15)16/h3-5,12H,1-2H3,(H-,14,15,16)/q-1. The summed E-state index contributed by atoms with van der Waals surface area (Å²) in [6.07, 6.45) is 0. The first kappa shape index (κ1) is 11.1. The number of rotatable bonds is 1.